The minimum absolute atomic E-state index is 0.297. The molecular formula is C30H36N2O2. The van der Waals surface area contributed by atoms with Crippen molar-refractivity contribution < 1.29 is 9.53 Å². The second-order valence-corrected chi connectivity index (χ2v) is 10.2. The molecule has 4 heteroatoms. The fourth-order valence-electron chi connectivity index (χ4n) is 5.31. The maximum absolute atomic E-state index is 12.6. The van der Waals surface area contributed by atoms with Crippen LogP contribution in [0.25, 0.3) is 10.8 Å². The van der Waals surface area contributed by atoms with Crippen LogP contribution in [0, 0.1) is 11.8 Å². The molecule has 0 N–H and O–H groups in total. The van der Waals surface area contributed by atoms with E-state index in [1.54, 1.807) is 0 Å². The zero-order valence-corrected chi connectivity index (χ0v) is 20.3. The molecule has 1 atom stereocenters. The maximum atomic E-state index is 12.6. The molecule has 5 rings (SSSR count). The van der Waals surface area contributed by atoms with Crippen molar-refractivity contribution in [1.82, 2.24) is 9.80 Å². The molecule has 1 saturated carbocycles. The molecule has 178 valence electrons. The standard InChI is InChI=1S/C30H36N2O2/c1-31(21-27-12-4-9-25-8-2-3-13-29(25)27)19-23-14-16-28(17-15-23)34-22-24-7-6-18-32(20-24)30(33)26-10-5-11-26/h2-4,8-9,12-17,24,26H,5-7,10-11,18-22H2,1H3/t24-/m1/s1. The summed E-state index contributed by atoms with van der Waals surface area (Å²) >= 11 is 0. The Bertz CT molecular complexity index is 1100. The van der Waals surface area contributed by atoms with Crippen LogP contribution in [0.4, 0.5) is 0 Å². The van der Waals surface area contributed by atoms with Crippen LogP contribution in [-0.4, -0.2) is 42.5 Å². The Balaban J connectivity index is 1.11. The predicted molar refractivity (Wildman–Crippen MR) is 138 cm³/mol. The van der Waals surface area contributed by atoms with Gasteiger partial charge in [0, 0.05) is 38.0 Å². The van der Waals surface area contributed by atoms with Gasteiger partial charge in [0.15, 0.2) is 0 Å². The van der Waals surface area contributed by atoms with Gasteiger partial charge in [0.05, 0.1) is 6.61 Å². The number of rotatable bonds is 8. The highest BCUT2D eigenvalue weighted by atomic mass is 16.5. The van der Waals surface area contributed by atoms with Crippen molar-refractivity contribution in [3.63, 3.8) is 0 Å². The van der Waals surface area contributed by atoms with E-state index in [0.717, 1.165) is 57.6 Å². The fourth-order valence-corrected chi connectivity index (χ4v) is 5.31. The van der Waals surface area contributed by atoms with E-state index in [-0.39, 0.29) is 0 Å². The lowest BCUT2D eigenvalue weighted by Gasteiger charge is -2.37. The van der Waals surface area contributed by atoms with Crippen molar-refractivity contribution in [2.45, 2.75) is 45.2 Å². The molecule has 1 aliphatic carbocycles. The number of carbonyl (C=O) groups excluding carboxylic acids is 1. The van der Waals surface area contributed by atoms with Crippen LogP contribution < -0.4 is 4.74 Å². The Morgan fingerprint density at radius 2 is 1.74 bits per heavy atom. The van der Waals surface area contributed by atoms with E-state index in [1.165, 1.54) is 28.3 Å². The number of likely N-dealkylation sites (tertiary alicyclic amines) is 1. The third-order valence-corrected chi connectivity index (χ3v) is 7.47. The third kappa shape index (κ3) is 5.44. The molecule has 1 saturated heterocycles. The summed E-state index contributed by atoms with van der Waals surface area (Å²) < 4.78 is 6.13. The normalized spacial score (nSPS) is 18.8. The van der Waals surface area contributed by atoms with Gasteiger partial charge in [-0.25, -0.2) is 0 Å². The van der Waals surface area contributed by atoms with Crippen LogP contribution in [-0.2, 0) is 17.9 Å². The zero-order valence-electron chi connectivity index (χ0n) is 20.3. The van der Waals surface area contributed by atoms with Crippen LogP contribution in [0.2, 0.25) is 0 Å². The molecule has 3 aromatic rings. The lowest BCUT2D eigenvalue weighted by Crippen LogP contribution is -2.45. The Kier molecular flexibility index (Phi) is 7.15. The number of carbonyl (C=O) groups is 1. The first-order chi connectivity index (χ1) is 16.7. The predicted octanol–water partition coefficient (Wildman–Crippen LogP) is 5.89. The van der Waals surface area contributed by atoms with Crippen molar-refractivity contribution in [1.29, 1.82) is 0 Å². The number of ether oxygens (including phenoxy) is 1. The van der Waals surface area contributed by atoms with Crippen molar-refractivity contribution in [2.24, 2.45) is 11.8 Å². The minimum atomic E-state index is 0.297. The summed E-state index contributed by atoms with van der Waals surface area (Å²) in [5.74, 6) is 2.03. The van der Waals surface area contributed by atoms with Gasteiger partial charge in [0.25, 0.3) is 0 Å². The summed E-state index contributed by atoms with van der Waals surface area (Å²) in [6.45, 7) is 4.27. The molecule has 0 radical (unpaired) electrons. The lowest BCUT2D eigenvalue weighted by atomic mass is 9.83. The highest BCUT2D eigenvalue weighted by molar-refractivity contribution is 5.85. The van der Waals surface area contributed by atoms with E-state index >= 15 is 0 Å². The topological polar surface area (TPSA) is 32.8 Å². The fraction of sp³-hybridized carbons (Fsp3) is 0.433. The zero-order chi connectivity index (χ0) is 23.3. The number of benzene rings is 3. The Hall–Kier alpha value is -2.85. The SMILES string of the molecule is CN(Cc1ccc(OC[C@@H]2CCCN(C(=O)C3CCC3)C2)cc1)Cc1cccc2ccccc12. The highest BCUT2D eigenvalue weighted by Crippen LogP contribution is 2.30. The van der Waals surface area contributed by atoms with Gasteiger partial charge >= 0.3 is 0 Å². The van der Waals surface area contributed by atoms with Crippen LogP contribution >= 0.6 is 0 Å². The number of amides is 1. The average Bonchev–Trinajstić information content (AvgIpc) is 2.83. The first kappa shape index (κ1) is 22.9. The van der Waals surface area contributed by atoms with Gasteiger partial charge in [-0.2, -0.15) is 0 Å². The molecule has 0 unspecified atom stereocenters. The second kappa shape index (κ2) is 10.6. The van der Waals surface area contributed by atoms with Gasteiger partial charge < -0.3 is 9.64 Å². The second-order valence-electron chi connectivity index (χ2n) is 10.2. The molecule has 34 heavy (non-hydrogen) atoms. The average molecular weight is 457 g/mol. The molecule has 1 aliphatic heterocycles. The van der Waals surface area contributed by atoms with Crippen molar-refractivity contribution in [3.05, 3.63) is 77.9 Å². The Morgan fingerprint density at radius 1 is 0.941 bits per heavy atom. The van der Waals surface area contributed by atoms with Gasteiger partial charge in [0.1, 0.15) is 5.75 Å². The molecular weight excluding hydrogens is 420 g/mol. The summed E-state index contributed by atoms with van der Waals surface area (Å²) in [4.78, 5) is 17.0. The van der Waals surface area contributed by atoms with E-state index in [9.17, 15) is 4.79 Å². The molecule has 0 spiro atoms. The Morgan fingerprint density at radius 3 is 2.53 bits per heavy atom. The third-order valence-electron chi connectivity index (χ3n) is 7.47. The van der Waals surface area contributed by atoms with Crippen LogP contribution in [0.3, 0.4) is 0 Å². The van der Waals surface area contributed by atoms with Gasteiger partial charge in [-0.05, 0) is 66.8 Å². The molecule has 2 aliphatic rings. The monoisotopic (exact) mass is 456 g/mol. The van der Waals surface area contributed by atoms with Crippen LogP contribution in [0.1, 0.15) is 43.2 Å². The first-order valence-corrected chi connectivity index (χ1v) is 12.8. The van der Waals surface area contributed by atoms with E-state index in [4.69, 9.17) is 4.74 Å². The highest BCUT2D eigenvalue weighted by Gasteiger charge is 2.32. The van der Waals surface area contributed by atoms with Gasteiger partial charge in [-0.3, -0.25) is 9.69 Å². The molecule has 0 bridgehead atoms. The quantitative estimate of drug-likeness (QED) is 0.424. The maximum Gasteiger partial charge on any atom is 0.225 e. The van der Waals surface area contributed by atoms with Gasteiger partial charge in [-0.1, -0.05) is 61.0 Å². The number of hydrogen-bond acceptors (Lipinski definition) is 3. The van der Waals surface area contributed by atoms with Crippen LogP contribution in [0.5, 0.6) is 5.75 Å². The number of fused-ring (bicyclic) bond motifs is 1. The van der Waals surface area contributed by atoms with E-state index in [2.05, 4.69) is 83.6 Å². The van der Waals surface area contributed by atoms with Crippen molar-refractivity contribution >= 4 is 16.7 Å². The van der Waals surface area contributed by atoms with E-state index < -0.39 is 0 Å². The molecule has 3 aromatic carbocycles. The first-order valence-electron chi connectivity index (χ1n) is 12.8. The largest absolute Gasteiger partial charge is 0.493 e. The lowest BCUT2D eigenvalue weighted by molar-refractivity contribution is -0.140. The minimum Gasteiger partial charge on any atom is -0.493 e. The van der Waals surface area contributed by atoms with Gasteiger partial charge in [-0.15, -0.1) is 0 Å². The van der Waals surface area contributed by atoms with Crippen molar-refractivity contribution in [2.75, 3.05) is 26.7 Å². The van der Waals surface area contributed by atoms with Gasteiger partial charge in [0.2, 0.25) is 5.91 Å². The smallest absolute Gasteiger partial charge is 0.225 e. The Labute approximate surface area is 203 Å². The van der Waals surface area contributed by atoms with Crippen molar-refractivity contribution in [3.8, 4) is 5.75 Å². The number of nitrogens with zero attached hydrogens (tertiary/aromatic N) is 2. The molecule has 2 fully saturated rings. The van der Waals surface area contributed by atoms with Crippen LogP contribution in [0.15, 0.2) is 66.7 Å². The summed E-state index contributed by atoms with van der Waals surface area (Å²) in [6.07, 6.45) is 5.62. The summed E-state index contributed by atoms with van der Waals surface area (Å²) in [5.41, 5.74) is 2.64. The number of hydrogen-bond donors (Lipinski definition) is 0. The van der Waals surface area contributed by atoms with E-state index in [1.807, 2.05) is 0 Å². The molecule has 1 amide bonds. The summed E-state index contributed by atoms with van der Waals surface area (Å²) in [7, 11) is 2.17. The summed E-state index contributed by atoms with van der Waals surface area (Å²) in [5, 5.41) is 2.62. The molecule has 4 nitrogen and oxygen atoms in total. The molecule has 1 heterocycles. The summed E-state index contributed by atoms with van der Waals surface area (Å²) in [6, 6.07) is 23.6. The number of piperidine rings is 1. The molecule has 0 aromatic heterocycles. The van der Waals surface area contributed by atoms with E-state index in [0.29, 0.717) is 24.3 Å².